The number of thiophene rings is 1. The molecule has 0 amide bonds. The standard InChI is InChI=1S/C14H13Br2ClS/c15-9-14(10-16,7-11-4-5-18-8-11)12-2-1-3-13(17)6-12/h1-6,8H,7,9-10H2. The van der Waals surface area contributed by atoms with Crippen LogP contribution >= 0.6 is 54.8 Å². The summed E-state index contributed by atoms with van der Waals surface area (Å²) in [6.45, 7) is 0. The Morgan fingerprint density at radius 2 is 1.94 bits per heavy atom. The fraction of sp³-hybridized carbons (Fsp3) is 0.286. The van der Waals surface area contributed by atoms with Gasteiger partial charge in [0.05, 0.1) is 0 Å². The summed E-state index contributed by atoms with van der Waals surface area (Å²) in [4.78, 5) is 0. The monoisotopic (exact) mass is 406 g/mol. The Kier molecular flexibility index (Phi) is 5.31. The highest BCUT2D eigenvalue weighted by atomic mass is 79.9. The lowest BCUT2D eigenvalue weighted by molar-refractivity contribution is 0.552. The van der Waals surface area contributed by atoms with Crippen molar-refractivity contribution in [2.75, 3.05) is 10.7 Å². The Bertz CT molecular complexity index is 492. The number of rotatable bonds is 5. The van der Waals surface area contributed by atoms with Crippen LogP contribution in [0.15, 0.2) is 41.1 Å². The minimum absolute atomic E-state index is 0.0476. The van der Waals surface area contributed by atoms with E-state index in [0.717, 1.165) is 22.1 Å². The highest BCUT2D eigenvalue weighted by Crippen LogP contribution is 2.34. The topological polar surface area (TPSA) is 0 Å². The molecule has 0 atom stereocenters. The molecule has 96 valence electrons. The lowest BCUT2D eigenvalue weighted by atomic mass is 9.79. The van der Waals surface area contributed by atoms with E-state index in [-0.39, 0.29) is 5.41 Å². The van der Waals surface area contributed by atoms with Crippen LogP contribution in [-0.4, -0.2) is 10.7 Å². The molecule has 0 fully saturated rings. The molecule has 0 aliphatic heterocycles. The van der Waals surface area contributed by atoms with Gasteiger partial charge in [-0.05, 0) is 46.5 Å². The number of halogens is 3. The van der Waals surface area contributed by atoms with Crippen molar-refractivity contribution in [3.05, 3.63) is 57.2 Å². The molecule has 0 saturated carbocycles. The molecule has 0 saturated heterocycles. The van der Waals surface area contributed by atoms with Crippen LogP contribution in [0, 0.1) is 0 Å². The van der Waals surface area contributed by atoms with Gasteiger partial charge in [0, 0.05) is 21.1 Å². The van der Waals surface area contributed by atoms with Gasteiger partial charge in [0.15, 0.2) is 0 Å². The number of benzene rings is 1. The van der Waals surface area contributed by atoms with Gasteiger partial charge < -0.3 is 0 Å². The van der Waals surface area contributed by atoms with E-state index in [4.69, 9.17) is 11.6 Å². The largest absolute Gasteiger partial charge is 0.152 e. The number of hydrogen-bond donors (Lipinski definition) is 0. The molecular weight excluding hydrogens is 395 g/mol. The molecule has 4 heteroatoms. The van der Waals surface area contributed by atoms with E-state index in [2.05, 4.69) is 60.8 Å². The summed E-state index contributed by atoms with van der Waals surface area (Å²) in [5.74, 6) is 0. The molecule has 1 aromatic heterocycles. The van der Waals surface area contributed by atoms with Crippen LogP contribution in [0.5, 0.6) is 0 Å². The van der Waals surface area contributed by atoms with Crippen molar-refractivity contribution in [3.63, 3.8) is 0 Å². The van der Waals surface area contributed by atoms with Crippen LogP contribution in [0.25, 0.3) is 0 Å². The first-order chi connectivity index (χ1) is 8.70. The molecule has 0 aliphatic carbocycles. The first kappa shape index (κ1) is 14.6. The maximum Gasteiger partial charge on any atom is 0.0408 e. The molecule has 0 aliphatic rings. The smallest absolute Gasteiger partial charge is 0.0408 e. The van der Waals surface area contributed by atoms with E-state index in [1.165, 1.54) is 11.1 Å². The summed E-state index contributed by atoms with van der Waals surface area (Å²) in [7, 11) is 0. The fourth-order valence-corrected chi connectivity index (χ4v) is 4.82. The quantitative estimate of drug-likeness (QED) is 0.559. The van der Waals surface area contributed by atoms with Gasteiger partial charge in [-0.1, -0.05) is 55.6 Å². The van der Waals surface area contributed by atoms with Crippen molar-refractivity contribution in [1.82, 2.24) is 0 Å². The highest BCUT2D eigenvalue weighted by Gasteiger charge is 2.30. The number of alkyl halides is 2. The summed E-state index contributed by atoms with van der Waals surface area (Å²) >= 11 is 15.2. The molecule has 2 aromatic rings. The predicted molar refractivity (Wildman–Crippen MR) is 88.7 cm³/mol. The number of hydrogen-bond acceptors (Lipinski definition) is 1. The summed E-state index contributed by atoms with van der Waals surface area (Å²) < 4.78 is 0. The molecule has 0 unspecified atom stereocenters. The third-order valence-electron chi connectivity index (χ3n) is 3.07. The molecule has 0 nitrogen and oxygen atoms in total. The van der Waals surface area contributed by atoms with Crippen molar-refractivity contribution in [2.24, 2.45) is 0 Å². The van der Waals surface area contributed by atoms with Gasteiger partial charge >= 0.3 is 0 Å². The van der Waals surface area contributed by atoms with Crippen LogP contribution in [0.4, 0.5) is 0 Å². The van der Waals surface area contributed by atoms with Crippen molar-refractivity contribution in [1.29, 1.82) is 0 Å². The van der Waals surface area contributed by atoms with Crippen LogP contribution in [0.3, 0.4) is 0 Å². The minimum atomic E-state index is 0.0476. The van der Waals surface area contributed by atoms with Gasteiger partial charge in [-0.25, -0.2) is 0 Å². The Labute approximate surface area is 134 Å². The second-order valence-corrected chi connectivity index (χ2v) is 6.70. The zero-order valence-electron chi connectivity index (χ0n) is 9.70. The Morgan fingerprint density at radius 1 is 1.17 bits per heavy atom. The maximum atomic E-state index is 6.12. The van der Waals surface area contributed by atoms with E-state index in [1.807, 2.05) is 12.1 Å². The van der Waals surface area contributed by atoms with Crippen LogP contribution in [0.2, 0.25) is 5.02 Å². The van der Waals surface area contributed by atoms with Crippen LogP contribution in [-0.2, 0) is 11.8 Å². The summed E-state index contributed by atoms with van der Waals surface area (Å²) in [6, 6.07) is 10.3. The Morgan fingerprint density at radius 3 is 2.50 bits per heavy atom. The first-order valence-corrected chi connectivity index (χ1v) is 9.15. The molecule has 0 bridgehead atoms. The van der Waals surface area contributed by atoms with Gasteiger partial charge in [-0.15, -0.1) is 0 Å². The van der Waals surface area contributed by atoms with Crippen molar-refractivity contribution >= 4 is 54.8 Å². The lowest BCUT2D eigenvalue weighted by Gasteiger charge is -2.30. The summed E-state index contributed by atoms with van der Waals surface area (Å²) in [5, 5.41) is 6.94. The van der Waals surface area contributed by atoms with E-state index in [1.54, 1.807) is 11.3 Å². The van der Waals surface area contributed by atoms with E-state index >= 15 is 0 Å². The Hall–Kier alpha value is 0.170. The molecule has 1 heterocycles. The minimum Gasteiger partial charge on any atom is -0.152 e. The van der Waals surface area contributed by atoms with Crippen LogP contribution in [0.1, 0.15) is 11.1 Å². The molecule has 1 aromatic carbocycles. The molecule has 2 rings (SSSR count). The second-order valence-electron chi connectivity index (χ2n) is 4.37. The van der Waals surface area contributed by atoms with Crippen molar-refractivity contribution in [3.8, 4) is 0 Å². The second kappa shape index (κ2) is 6.56. The molecule has 0 N–H and O–H groups in total. The van der Waals surface area contributed by atoms with Gasteiger partial charge in [-0.3, -0.25) is 0 Å². The molecular formula is C14H13Br2ClS. The highest BCUT2D eigenvalue weighted by molar-refractivity contribution is 9.09. The molecule has 18 heavy (non-hydrogen) atoms. The average molecular weight is 409 g/mol. The fourth-order valence-electron chi connectivity index (χ4n) is 1.99. The van der Waals surface area contributed by atoms with E-state index in [0.29, 0.717) is 0 Å². The third-order valence-corrected chi connectivity index (χ3v) is 6.19. The van der Waals surface area contributed by atoms with Crippen molar-refractivity contribution < 1.29 is 0 Å². The maximum absolute atomic E-state index is 6.12. The first-order valence-electron chi connectivity index (χ1n) is 5.59. The van der Waals surface area contributed by atoms with Gasteiger partial charge in [0.25, 0.3) is 0 Å². The van der Waals surface area contributed by atoms with Crippen molar-refractivity contribution in [2.45, 2.75) is 11.8 Å². The van der Waals surface area contributed by atoms with Gasteiger partial charge in [0.1, 0.15) is 0 Å². The zero-order valence-corrected chi connectivity index (χ0v) is 14.4. The zero-order chi connectivity index (χ0) is 13.0. The lowest BCUT2D eigenvalue weighted by Crippen LogP contribution is -2.32. The van der Waals surface area contributed by atoms with E-state index < -0.39 is 0 Å². The Balaban J connectivity index is 2.37. The molecule has 0 spiro atoms. The van der Waals surface area contributed by atoms with E-state index in [9.17, 15) is 0 Å². The average Bonchev–Trinajstić information content (AvgIpc) is 2.89. The third kappa shape index (κ3) is 3.19. The van der Waals surface area contributed by atoms with Crippen LogP contribution < -0.4 is 0 Å². The van der Waals surface area contributed by atoms with Gasteiger partial charge in [-0.2, -0.15) is 11.3 Å². The summed E-state index contributed by atoms with van der Waals surface area (Å²) in [6.07, 6.45) is 1.01. The summed E-state index contributed by atoms with van der Waals surface area (Å²) in [5.41, 5.74) is 2.69. The molecule has 0 radical (unpaired) electrons. The predicted octanol–water partition coefficient (Wildman–Crippen LogP) is 5.67. The van der Waals surface area contributed by atoms with Gasteiger partial charge in [0.2, 0.25) is 0 Å². The SMILES string of the molecule is Clc1cccc(C(CBr)(CBr)Cc2ccsc2)c1. The normalized spacial score (nSPS) is 11.7.